The van der Waals surface area contributed by atoms with Crippen molar-refractivity contribution in [3.63, 3.8) is 0 Å². The van der Waals surface area contributed by atoms with E-state index >= 15 is 0 Å². The number of aryl methyl sites for hydroxylation is 1. The standard InChI is InChI=1S/C22H18FN3O2/c1-15-9-11-16(12-10-15)14-24-26-22(28)19-7-2-3-8-20(19)25-21(27)17-5-4-6-18(23)13-17/h2-14H,1H3,(H,25,27)(H,26,28)/b24-14+. The fraction of sp³-hybridized carbons (Fsp3) is 0.0455. The minimum atomic E-state index is -0.511. The number of carbonyl (C=O) groups is 2. The predicted molar refractivity (Wildman–Crippen MR) is 107 cm³/mol. The van der Waals surface area contributed by atoms with Crippen LogP contribution >= 0.6 is 0 Å². The maximum Gasteiger partial charge on any atom is 0.273 e. The van der Waals surface area contributed by atoms with Crippen LogP contribution in [0, 0.1) is 12.7 Å². The molecule has 140 valence electrons. The molecule has 0 unspecified atom stereocenters. The highest BCUT2D eigenvalue weighted by Crippen LogP contribution is 2.16. The number of amides is 2. The second-order valence-corrected chi connectivity index (χ2v) is 6.12. The number of nitrogens with zero attached hydrogens (tertiary/aromatic N) is 1. The van der Waals surface area contributed by atoms with Gasteiger partial charge in [0.25, 0.3) is 11.8 Å². The van der Waals surface area contributed by atoms with Crippen LogP contribution in [0.2, 0.25) is 0 Å². The van der Waals surface area contributed by atoms with Crippen LogP contribution in [-0.4, -0.2) is 18.0 Å². The van der Waals surface area contributed by atoms with E-state index in [4.69, 9.17) is 0 Å². The van der Waals surface area contributed by atoms with Crippen molar-refractivity contribution in [1.29, 1.82) is 0 Å². The molecule has 0 heterocycles. The molecule has 28 heavy (non-hydrogen) atoms. The van der Waals surface area contributed by atoms with E-state index < -0.39 is 17.6 Å². The molecule has 0 saturated heterocycles. The van der Waals surface area contributed by atoms with Gasteiger partial charge in [-0.25, -0.2) is 9.82 Å². The Morgan fingerprint density at radius 1 is 0.929 bits per heavy atom. The Labute approximate surface area is 161 Å². The molecular weight excluding hydrogens is 357 g/mol. The van der Waals surface area contributed by atoms with E-state index in [-0.39, 0.29) is 11.1 Å². The molecule has 0 aliphatic rings. The SMILES string of the molecule is Cc1ccc(/C=N/NC(=O)c2ccccc2NC(=O)c2cccc(F)c2)cc1. The van der Waals surface area contributed by atoms with Gasteiger partial charge in [-0.15, -0.1) is 0 Å². The van der Waals surface area contributed by atoms with Crippen molar-refractivity contribution in [3.05, 3.63) is 101 Å². The molecule has 3 rings (SSSR count). The summed E-state index contributed by atoms with van der Waals surface area (Å²) in [5, 5.41) is 6.58. The highest BCUT2D eigenvalue weighted by Gasteiger charge is 2.14. The zero-order valence-electron chi connectivity index (χ0n) is 15.1. The number of para-hydroxylation sites is 1. The molecule has 0 bridgehead atoms. The first kappa shape index (κ1) is 19.0. The summed E-state index contributed by atoms with van der Waals surface area (Å²) >= 11 is 0. The zero-order chi connectivity index (χ0) is 19.9. The van der Waals surface area contributed by atoms with Gasteiger partial charge in [-0.1, -0.05) is 48.0 Å². The van der Waals surface area contributed by atoms with Crippen molar-refractivity contribution in [2.45, 2.75) is 6.92 Å². The predicted octanol–water partition coefficient (Wildman–Crippen LogP) is 4.15. The second-order valence-electron chi connectivity index (χ2n) is 6.12. The van der Waals surface area contributed by atoms with Gasteiger partial charge in [0.1, 0.15) is 5.82 Å². The zero-order valence-corrected chi connectivity index (χ0v) is 15.1. The molecule has 5 nitrogen and oxygen atoms in total. The molecule has 0 aliphatic heterocycles. The Morgan fingerprint density at radius 2 is 1.68 bits per heavy atom. The summed E-state index contributed by atoms with van der Waals surface area (Å²) in [5.41, 5.74) is 5.13. The van der Waals surface area contributed by atoms with Crippen molar-refractivity contribution in [1.82, 2.24) is 5.43 Å². The Morgan fingerprint density at radius 3 is 2.43 bits per heavy atom. The molecule has 0 saturated carbocycles. The molecule has 0 spiro atoms. The van der Waals surface area contributed by atoms with E-state index in [0.29, 0.717) is 5.69 Å². The number of hydrogen-bond donors (Lipinski definition) is 2. The van der Waals surface area contributed by atoms with Crippen LogP contribution in [0.15, 0.2) is 77.9 Å². The summed E-state index contributed by atoms with van der Waals surface area (Å²) < 4.78 is 13.3. The monoisotopic (exact) mass is 375 g/mol. The van der Waals surface area contributed by atoms with Gasteiger partial charge in [0.05, 0.1) is 17.5 Å². The summed E-state index contributed by atoms with van der Waals surface area (Å²) in [4.78, 5) is 24.8. The minimum Gasteiger partial charge on any atom is -0.321 e. The molecule has 0 radical (unpaired) electrons. The Kier molecular flexibility index (Phi) is 5.91. The van der Waals surface area contributed by atoms with E-state index in [1.807, 2.05) is 31.2 Å². The summed E-state index contributed by atoms with van der Waals surface area (Å²) in [6.07, 6.45) is 1.53. The smallest absolute Gasteiger partial charge is 0.273 e. The average Bonchev–Trinajstić information content (AvgIpc) is 2.70. The van der Waals surface area contributed by atoms with Gasteiger partial charge in [-0.3, -0.25) is 9.59 Å². The van der Waals surface area contributed by atoms with Crippen LogP contribution in [0.25, 0.3) is 0 Å². The molecule has 0 fully saturated rings. The molecule has 0 aliphatic carbocycles. The molecule has 6 heteroatoms. The fourth-order valence-corrected chi connectivity index (χ4v) is 2.49. The topological polar surface area (TPSA) is 70.6 Å². The van der Waals surface area contributed by atoms with Gasteiger partial charge in [0, 0.05) is 5.56 Å². The molecular formula is C22H18FN3O2. The third-order valence-electron chi connectivity index (χ3n) is 3.96. The van der Waals surface area contributed by atoms with Crippen LogP contribution in [0.3, 0.4) is 0 Å². The van der Waals surface area contributed by atoms with Crippen LogP contribution < -0.4 is 10.7 Å². The quantitative estimate of drug-likeness (QED) is 0.519. The van der Waals surface area contributed by atoms with E-state index in [1.54, 1.807) is 24.3 Å². The highest BCUT2D eigenvalue weighted by molar-refractivity contribution is 6.09. The molecule has 3 aromatic carbocycles. The Hall–Kier alpha value is -3.80. The third kappa shape index (κ3) is 4.88. The normalized spacial score (nSPS) is 10.6. The average molecular weight is 375 g/mol. The first-order valence-corrected chi connectivity index (χ1v) is 8.59. The highest BCUT2D eigenvalue weighted by atomic mass is 19.1. The van der Waals surface area contributed by atoms with E-state index in [1.165, 1.54) is 24.4 Å². The van der Waals surface area contributed by atoms with Gasteiger partial charge in [0.15, 0.2) is 0 Å². The van der Waals surface area contributed by atoms with Crippen LogP contribution in [0.1, 0.15) is 31.8 Å². The molecule has 2 N–H and O–H groups in total. The number of rotatable bonds is 5. The van der Waals surface area contributed by atoms with E-state index in [9.17, 15) is 14.0 Å². The molecule has 2 amide bonds. The second kappa shape index (κ2) is 8.73. The van der Waals surface area contributed by atoms with Gasteiger partial charge in [0.2, 0.25) is 0 Å². The van der Waals surface area contributed by atoms with E-state index in [2.05, 4.69) is 15.8 Å². The lowest BCUT2D eigenvalue weighted by Gasteiger charge is -2.10. The van der Waals surface area contributed by atoms with Gasteiger partial charge >= 0.3 is 0 Å². The number of halogens is 1. The Bertz CT molecular complexity index is 1030. The third-order valence-corrected chi connectivity index (χ3v) is 3.96. The van der Waals surface area contributed by atoms with Crippen molar-refractivity contribution in [2.75, 3.05) is 5.32 Å². The summed E-state index contributed by atoms with van der Waals surface area (Å²) in [6, 6.07) is 19.5. The van der Waals surface area contributed by atoms with Gasteiger partial charge in [-0.05, 0) is 42.8 Å². The lowest BCUT2D eigenvalue weighted by Crippen LogP contribution is -2.21. The number of carbonyl (C=O) groups excluding carboxylic acids is 2. The van der Waals surface area contributed by atoms with Gasteiger partial charge in [-0.2, -0.15) is 5.10 Å². The van der Waals surface area contributed by atoms with Crippen LogP contribution in [0.4, 0.5) is 10.1 Å². The summed E-state index contributed by atoms with van der Waals surface area (Å²) in [6.45, 7) is 1.98. The molecule has 0 atom stereocenters. The Balaban J connectivity index is 1.71. The molecule has 3 aromatic rings. The maximum absolute atomic E-state index is 13.3. The fourth-order valence-electron chi connectivity index (χ4n) is 2.49. The maximum atomic E-state index is 13.3. The lowest BCUT2D eigenvalue weighted by molar-refractivity contribution is 0.0956. The number of anilines is 1. The van der Waals surface area contributed by atoms with Crippen molar-refractivity contribution in [2.24, 2.45) is 5.10 Å². The van der Waals surface area contributed by atoms with Crippen molar-refractivity contribution in [3.8, 4) is 0 Å². The van der Waals surface area contributed by atoms with Crippen molar-refractivity contribution < 1.29 is 14.0 Å². The number of hydrazone groups is 1. The molecule has 0 aromatic heterocycles. The summed E-state index contributed by atoms with van der Waals surface area (Å²) in [5.74, 6) is -1.49. The first-order valence-electron chi connectivity index (χ1n) is 8.59. The van der Waals surface area contributed by atoms with E-state index in [0.717, 1.165) is 17.2 Å². The largest absolute Gasteiger partial charge is 0.321 e. The summed E-state index contributed by atoms with van der Waals surface area (Å²) in [7, 11) is 0. The first-order chi connectivity index (χ1) is 13.5. The number of hydrogen-bond acceptors (Lipinski definition) is 3. The minimum absolute atomic E-state index is 0.160. The van der Waals surface area contributed by atoms with Crippen LogP contribution in [-0.2, 0) is 0 Å². The lowest BCUT2D eigenvalue weighted by atomic mass is 10.1. The van der Waals surface area contributed by atoms with Crippen LogP contribution in [0.5, 0.6) is 0 Å². The van der Waals surface area contributed by atoms with Gasteiger partial charge < -0.3 is 5.32 Å². The van der Waals surface area contributed by atoms with Crippen molar-refractivity contribution >= 4 is 23.7 Å². The number of benzene rings is 3. The number of nitrogens with one attached hydrogen (secondary N) is 2.